The molecular weight excluding hydrogens is 444 g/mol. The number of likely N-dealkylation sites (tertiary alicyclic amines) is 1. The van der Waals surface area contributed by atoms with Crippen LogP contribution in [0.3, 0.4) is 0 Å². The lowest BCUT2D eigenvalue weighted by molar-refractivity contribution is -0.173. The number of fused-ring (bicyclic) bond motifs is 1. The summed E-state index contributed by atoms with van der Waals surface area (Å²) in [6, 6.07) is 14.6. The zero-order valence-electron chi connectivity index (χ0n) is 20.1. The third-order valence-corrected chi connectivity index (χ3v) is 8.06. The predicted molar refractivity (Wildman–Crippen MR) is 134 cm³/mol. The molecule has 3 aromatic rings. The van der Waals surface area contributed by atoms with Crippen molar-refractivity contribution in [1.29, 1.82) is 0 Å². The van der Waals surface area contributed by atoms with Gasteiger partial charge in [0.1, 0.15) is 5.69 Å². The van der Waals surface area contributed by atoms with Gasteiger partial charge in [-0.3, -0.25) is 4.79 Å². The number of ether oxygens (including phenoxy) is 2. The maximum absolute atomic E-state index is 12.9. The minimum absolute atomic E-state index is 0.0415. The highest BCUT2D eigenvalue weighted by Crippen LogP contribution is 2.37. The Labute approximate surface area is 205 Å². The van der Waals surface area contributed by atoms with E-state index in [9.17, 15) is 4.79 Å². The molecule has 1 amide bonds. The van der Waals surface area contributed by atoms with Gasteiger partial charge in [0.25, 0.3) is 0 Å². The molecule has 1 saturated heterocycles. The Morgan fingerprint density at radius 1 is 1.15 bits per heavy atom. The number of carbonyl (C=O) groups excluding carboxylic acids is 1. The fraction of sp³-hybridized carbons (Fsp3) is 0.429. The van der Waals surface area contributed by atoms with Crippen LogP contribution >= 0.6 is 11.3 Å². The highest BCUT2D eigenvalue weighted by molar-refractivity contribution is 7.09. The van der Waals surface area contributed by atoms with Crippen LogP contribution in [0.5, 0.6) is 0 Å². The average molecular weight is 477 g/mol. The molecule has 2 aliphatic rings. The molecule has 0 spiro atoms. The lowest BCUT2D eigenvalue weighted by Gasteiger charge is -2.31. The number of hydrogen-bond acceptors (Lipinski definition) is 5. The summed E-state index contributed by atoms with van der Waals surface area (Å²) in [6.07, 6.45) is 1.88. The molecule has 0 aliphatic carbocycles. The molecule has 5 rings (SSSR count). The minimum atomic E-state index is -0.452. The van der Waals surface area contributed by atoms with Crippen LogP contribution in [0.4, 0.5) is 0 Å². The van der Waals surface area contributed by atoms with Crippen molar-refractivity contribution in [3.05, 3.63) is 86.4 Å². The van der Waals surface area contributed by atoms with Crippen molar-refractivity contribution in [3.8, 4) is 0 Å². The maximum atomic E-state index is 12.9. The van der Waals surface area contributed by atoms with E-state index in [1.165, 1.54) is 22.3 Å². The molecular formula is C28H32N2O3S. The van der Waals surface area contributed by atoms with Gasteiger partial charge in [0.2, 0.25) is 12.2 Å². The van der Waals surface area contributed by atoms with Crippen molar-refractivity contribution in [2.75, 3.05) is 13.1 Å². The predicted octanol–water partition coefficient (Wildman–Crippen LogP) is 6.02. The maximum Gasteiger partial charge on any atom is 0.227 e. The number of aryl methyl sites for hydroxylation is 2. The second-order valence-electron chi connectivity index (χ2n) is 9.49. The number of benzene rings is 2. The van der Waals surface area contributed by atoms with Gasteiger partial charge in [-0.25, -0.2) is 4.98 Å². The van der Waals surface area contributed by atoms with E-state index in [0.717, 1.165) is 42.2 Å². The van der Waals surface area contributed by atoms with Gasteiger partial charge in [0.15, 0.2) is 0 Å². The van der Waals surface area contributed by atoms with Crippen molar-refractivity contribution in [3.63, 3.8) is 0 Å². The summed E-state index contributed by atoms with van der Waals surface area (Å²) in [6.45, 7) is 8.32. The smallest absolute Gasteiger partial charge is 0.227 e. The summed E-state index contributed by atoms with van der Waals surface area (Å²) in [5.74, 6) is 0.602. The summed E-state index contributed by atoms with van der Waals surface area (Å²) in [5.41, 5.74) is 6.73. The first-order chi connectivity index (χ1) is 16.5. The van der Waals surface area contributed by atoms with E-state index in [0.29, 0.717) is 18.9 Å². The summed E-state index contributed by atoms with van der Waals surface area (Å²) in [4.78, 5) is 19.9. The van der Waals surface area contributed by atoms with Crippen molar-refractivity contribution in [1.82, 2.24) is 9.88 Å². The molecule has 0 radical (unpaired) electrons. The number of amides is 1. The number of carbonyl (C=O) groups is 1. The van der Waals surface area contributed by atoms with Gasteiger partial charge in [-0.2, -0.15) is 0 Å². The summed E-state index contributed by atoms with van der Waals surface area (Å²) in [7, 11) is 0. The Morgan fingerprint density at radius 3 is 2.76 bits per heavy atom. The molecule has 3 heterocycles. The number of piperidine rings is 1. The van der Waals surface area contributed by atoms with Gasteiger partial charge in [0, 0.05) is 24.4 Å². The van der Waals surface area contributed by atoms with Crippen LogP contribution in [-0.4, -0.2) is 28.9 Å². The van der Waals surface area contributed by atoms with E-state index >= 15 is 0 Å². The molecule has 0 bridgehead atoms. The molecule has 6 heteroatoms. The van der Waals surface area contributed by atoms with Crippen LogP contribution in [0, 0.1) is 13.8 Å². The van der Waals surface area contributed by atoms with Crippen molar-refractivity contribution in [2.45, 2.75) is 65.0 Å². The Bertz CT molecular complexity index is 1170. The number of hydrogen-bond donors (Lipinski definition) is 0. The van der Waals surface area contributed by atoms with Gasteiger partial charge in [-0.05, 0) is 55.9 Å². The summed E-state index contributed by atoms with van der Waals surface area (Å²) in [5, 5.41) is 3.19. The standard InChI is InChI=1S/C28H32N2O3S/c1-18-8-9-19(2)23(14-18)15-26(31)30-12-10-21(11-13-30)27-29-25(17-34-27)28-32-16-22-6-4-5-7-24(22)20(3)33-28/h4-9,14,17,20-21,28H,10-13,15-16H2,1-3H3. The monoisotopic (exact) mass is 476 g/mol. The number of aromatic nitrogens is 1. The minimum Gasteiger partial charge on any atom is -0.342 e. The second kappa shape index (κ2) is 9.98. The molecule has 0 saturated carbocycles. The SMILES string of the molecule is Cc1ccc(C)c(CC(=O)N2CCC(c3nc(C4OCc5ccccc5C(C)O4)cs3)CC2)c1. The van der Waals surface area contributed by atoms with E-state index in [4.69, 9.17) is 14.5 Å². The zero-order chi connectivity index (χ0) is 23.7. The van der Waals surface area contributed by atoms with Gasteiger partial charge in [-0.15, -0.1) is 11.3 Å². The lowest BCUT2D eigenvalue weighted by atomic mass is 9.96. The molecule has 2 atom stereocenters. The van der Waals surface area contributed by atoms with E-state index in [1.54, 1.807) is 11.3 Å². The fourth-order valence-electron chi connectivity index (χ4n) is 4.92. The molecule has 1 aromatic heterocycles. The molecule has 34 heavy (non-hydrogen) atoms. The van der Waals surface area contributed by atoms with Crippen LogP contribution < -0.4 is 0 Å². The first kappa shape index (κ1) is 23.2. The molecule has 178 valence electrons. The topological polar surface area (TPSA) is 51.7 Å². The molecule has 1 fully saturated rings. The Kier molecular flexibility index (Phi) is 6.82. The first-order valence-electron chi connectivity index (χ1n) is 12.1. The average Bonchev–Trinajstić information content (AvgIpc) is 3.28. The van der Waals surface area contributed by atoms with Crippen molar-refractivity contribution in [2.24, 2.45) is 0 Å². The number of thiazole rings is 1. The van der Waals surface area contributed by atoms with Gasteiger partial charge >= 0.3 is 0 Å². The molecule has 2 aliphatic heterocycles. The normalized spacial score (nSPS) is 21.2. The fourth-order valence-corrected chi connectivity index (χ4v) is 5.91. The van der Waals surface area contributed by atoms with Crippen LogP contribution in [-0.2, 0) is 27.3 Å². The quantitative estimate of drug-likeness (QED) is 0.462. The van der Waals surface area contributed by atoms with Gasteiger partial charge < -0.3 is 14.4 Å². The number of nitrogens with zero attached hydrogens (tertiary/aromatic N) is 2. The van der Waals surface area contributed by atoms with Gasteiger partial charge in [-0.1, -0.05) is 48.0 Å². The lowest BCUT2D eigenvalue weighted by Crippen LogP contribution is -2.38. The van der Waals surface area contributed by atoms with Crippen molar-refractivity contribution >= 4 is 17.2 Å². The summed E-state index contributed by atoms with van der Waals surface area (Å²) < 4.78 is 12.3. The highest BCUT2D eigenvalue weighted by Gasteiger charge is 2.29. The van der Waals surface area contributed by atoms with E-state index in [-0.39, 0.29) is 12.0 Å². The largest absolute Gasteiger partial charge is 0.342 e. The van der Waals surface area contributed by atoms with E-state index < -0.39 is 6.29 Å². The van der Waals surface area contributed by atoms with Crippen LogP contribution in [0.25, 0.3) is 0 Å². The summed E-state index contributed by atoms with van der Waals surface area (Å²) >= 11 is 1.68. The molecule has 2 aromatic carbocycles. The van der Waals surface area contributed by atoms with Crippen LogP contribution in [0.1, 0.15) is 76.6 Å². The Balaban J connectivity index is 1.18. The van der Waals surface area contributed by atoms with Gasteiger partial charge in [0.05, 0.1) is 24.1 Å². The van der Waals surface area contributed by atoms with E-state index in [2.05, 4.69) is 56.5 Å². The first-order valence-corrected chi connectivity index (χ1v) is 13.0. The Morgan fingerprint density at radius 2 is 1.94 bits per heavy atom. The van der Waals surface area contributed by atoms with Crippen LogP contribution in [0.15, 0.2) is 47.8 Å². The molecule has 0 N–H and O–H groups in total. The zero-order valence-corrected chi connectivity index (χ0v) is 20.9. The molecule has 5 nitrogen and oxygen atoms in total. The second-order valence-corrected chi connectivity index (χ2v) is 10.4. The van der Waals surface area contributed by atoms with Crippen molar-refractivity contribution < 1.29 is 14.3 Å². The van der Waals surface area contributed by atoms with Crippen LogP contribution in [0.2, 0.25) is 0 Å². The van der Waals surface area contributed by atoms with E-state index in [1.807, 2.05) is 17.0 Å². The third-order valence-electron chi connectivity index (χ3n) is 7.04. The Hall–Kier alpha value is -2.54. The molecule has 2 unspecified atom stereocenters. The third kappa shape index (κ3) is 4.95. The number of rotatable bonds is 4. The highest BCUT2D eigenvalue weighted by atomic mass is 32.1.